The summed E-state index contributed by atoms with van der Waals surface area (Å²) in [6.07, 6.45) is 1.03. The molecule has 0 radical (unpaired) electrons. The minimum atomic E-state index is -4.06. The lowest BCUT2D eigenvalue weighted by atomic mass is 9.96. The number of oxazole rings is 1. The lowest BCUT2D eigenvalue weighted by molar-refractivity contribution is -0.122. The average Bonchev–Trinajstić information content (AvgIpc) is 3.30. The van der Waals surface area contributed by atoms with E-state index in [1.165, 1.54) is 12.1 Å². The third kappa shape index (κ3) is 3.98. The van der Waals surface area contributed by atoms with Crippen LogP contribution in [-0.4, -0.2) is 45.6 Å². The fraction of sp³-hybridized carbons (Fsp3) is 0.333. The van der Waals surface area contributed by atoms with Gasteiger partial charge in [0.15, 0.2) is 11.5 Å². The van der Waals surface area contributed by atoms with E-state index in [0.29, 0.717) is 56.2 Å². The molecule has 178 valence electrons. The van der Waals surface area contributed by atoms with Crippen molar-refractivity contribution in [1.29, 1.82) is 0 Å². The summed E-state index contributed by atoms with van der Waals surface area (Å²) < 4.78 is 44.7. The molecule has 9 nitrogen and oxygen atoms in total. The minimum absolute atomic E-state index is 0.0367. The van der Waals surface area contributed by atoms with Crippen molar-refractivity contribution in [3.63, 3.8) is 0 Å². The van der Waals surface area contributed by atoms with E-state index in [4.69, 9.17) is 19.6 Å². The number of nitrogens with zero attached hydrogens (tertiary/aromatic N) is 2. The topological polar surface area (TPSA) is 125 Å². The summed E-state index contributed by atoms with van der Waals surface area (Å²) in [4.78, 5) is 17.9. The highest BCUT2D eigenvalue weighted by molar-refractivity contribution is 7.91. The number of anilines is 1. The Labute approximate surface area is 197 Å². The number of carbonyl (C=O) groups is 1. The zero-order valence-electron chi connectivity index (χ0n) is 18.7. The van der Waals surface area contributed by atoms with Gasteiger partial charge in [0.1, 0.15) is 13.2 Å². The number of benzene rings is 2. The van der Waals surface area contributed by atoms with Crippen molar-refractivity contribution < 1.29 is 27.1 Å². The largest absolute Gasteiger partial charge is 0.486 e. The third-order valence-electron chi connectivity index (χ3n) is 6.22. The van der Waals surface area contributed by atoms with Gasteiger partial charge in [-0.2, -0.15) is 4.98 Å². The quantitative estimate of drug-likeness (QED) is 0.587. The standard InChI is InChI=1S/C24H25N3O6S/c1-15-4-2-3-5-18(15)22-26-23(24(33-22)27-10-8-16(9-11-27)21(25)28)34(29,30)17-6-7-19-20(14-17)32-13-12-31-19/h2-7,14,16H,8-13H2,1H3,(H2,25,28). The number of carbonyl (C=O) groups excluding carboxylic acids is 1. The van der Waals surface area contributed by atoms with E-state index in [2.05, 4.69) is 4.98 Å². The van der Waals surface area contributed by atoms with Crippen LogP contribution in [0.5, 0.6) is 11.5 Å². The van der Waals surface area contributed by atoms with Gasteiger partial charge in [-0.3, -0.25) is 4.79 Å². The Bertz CT molecular complexity index is 1340. The number of fused-ring (bicyclic) bond motifs is 1. The SMILES string of the molecule is Cc1ccccc1-c1nc(S(=O)(=O)c2ccc3c(c2)OCCO3)c(N2CCC(C(N)=O)CC2)o1. The summed E-state index contributed by atoms with van der Waals surface area (Å²) >= 11 is 0. The number of sulfone groups is 1. The number of hydrogen-bond acceptors (Lipinski definition) is 8. The van der Waals surface area contributed by atoms with Gasteiger partial charge in [-0.15, -0.1) is 0 Å². The second-order valence-electron chi connectivity index (χ2n) is 8.42. The zero-order chi connectivity index (χ0) is 23.9. The Hall–Kier alpha value is -3.53. The van der Waals surface area contributed by atoms with Crippen LogP contribution in [0.3, 0.4) is 0 Å². The zero-order valence-corrected chi connectivity index (χ0v) is 19.5. The molecule has 2 aromatic carbocycles. The first kappa shape index (κ1) is 22.3. The van der Waals surface area contributed by atoms with Gasteiger partial charge >= 0.3 is 0 Å². The number of nitrogens with two attached hydrogens (primary N) is 1. The van der Waals surface area contributed by atoms with Crippen LogP contribution in [0, 0.1) is 12.8 Å². The summed E-state index contributed by atoms with van der Waals surface area (Å²) in [6.45, 7) is 3.53. The fourth-order valence-electron chi connectivity index (χ4n) is 4.27. The lowest BCUT2D eigenvalue weighted by Gasteiger charge is -2.30. The second kappa shape index (κ2) is 8.68. The second-order valence-corrected chi connectivity index (χ2v) is 10.3. The van der Waals surface area contributed by atoms with Gasteiger partial charge in [0, 0.05) is 30.6 Å². The molecule has 1 aromatic heterocycles. The minimum Gasteiger partial charge on any atom is -0.486 e. The molecule has 3 aromatic rings. The van der Waals surface area contributed by atoms with Crippen molar-refractivity contribution in [2.24, 2.45) is 11.7 Å². The van der Waals surface area contributed by atoms with Crippen LogP contribution in [0.1, 0.15) is 18.4 Å². The van der Waals surface area contributed by atoms with Crippen LogP contribution in [0.2, 0.25) is 0 Å². The van der Waals surface area contributed by atoms with Gasteiger partial charge < -0.3 is 24.5 Å². The Morgan fingerprint density at radius 3 is 2.47 bits per heavy atom. The van der Waals surface area contributed by atoms with Crippen LogP contribution < -0.4 is 20.1 Å². The highest BCUT2D eigenvalue weighted by atomic mass is 32.2. The molecule has 2 N–H and O–H groups in total. The molecule has 0 saturated carbocycles. The molecule has 0 unspecified atom stereocenters. The van der Waals surface area contributed by atoms with Crippen molar-refractivity contribution in [1.82, 2.24) is 4.98 Å². The molecular weight excluding hydrogens is 458 g/mol. The van der Waals surface area contributed by atoms with Gasteiger partial charge in [-0.05, 0) is 43.5 Å². The molecule has 0 atom stereocenters. The molecule has 10 heteroatoms. The molecule has 5 rings (SSSR count). The number of aromatic nitrogens is 1. The van der Waals surface area contributed by atoms with Crippen molar-refractivity contribution >= 4 is 21.6 Å². The molecule has 34 heavy (non-hydrogen) atoms. The smallest absolute Gasteiger partial charge is 0.236 e. The van der Waals surface area contributed by atoms with Crippen molar-refractivity contribution in [2.45, 2.75) is 29.7 Å². The van der Waals surface area contributed by atoms with Gasteiger partial charge in [0.25, 0.3) is 0 Å². The van der Waals surface area contributed by atoms with Crippen LogP contribution >= 0.6 is 0 Å². The maximum Gasteiger partial charge on any atom is 0.236 e. The van der Waals surface area contributed by atoms with E-state index >= 15 is 0 Å². The van der Waals surface area contributed by atoms with Gasteiger partial charge in [0.2, 0.25) is 32.5 Å². The predicted molar refractivity (Wildman–Crippen MR) is 124 cm³/mol. The molecule has 2 aliphatic rings. The van der Waals surface area contributed by atoms with Gasteiger partial charge in [-0.1, -0.05) is 18.2 Å². The molecule has 0 spiro atoms. The third-order valence-corrected chi connectivity index (χ3v) is 7.87. The molecular formula is C24H25N3O6S. The molecule has 3 heterocycles. The fourth-order valence-corrected chi connectivity index (χ4v) is 5.61. The van der Waals surface area contributed by atoms with E-state index < -0.39 is 9.84 Å². The number of rotatable bonds is 5. The highest BCUT2D eigenvalue weighted by Gasteiger charge is 2.34. The number of piperidine rings is 1. The van der Waals surface area contributed by atoms with Crippen LogP contribution in [0.4, 0.5) is 5.88 Å². The Kier molecular flexibility index (Phi) is 5.68. The summed E-state index contributed by atoms with van der Waals surface area (Å²) in [5, 5.41) is -0.167. The number of hydrogen-bond donors (Lipinski definition) is 1. The van der Waals surface area contributed by atoms with Crippen molar-refractivity contribution in [3.05, 3.63) is 48.0 Å². The number of aryl methyl sites for hydroxylation is 1. The van der Waals surface area contributed by atoms with E-state index in [1.54, 1.807) is 6.07 Å². The Morgan fingerprint density at radius 2 is 1.76 bits per heavy atom. The highest BCUT2D eigenvalue weighted by Crippen LogP contribution is 2.39. The van der Waals surface area contributed by atoms with Crippen molar-refractivity contribution in [2.75, 3.05) is 31.2 Å². The van der Waals surface area contributed by atoms with E-state index in [9.17, 15) is 13.2 Å². The number of ether oxygens (including phenoxy) is 2. The van der Waals surface area contributed by atoms with Gasteiger partial charge in [-0.25, -0.2) is 8.42 Å². The lowest BCUT2D eigenvalue weighted by Crippen LogP contribution is -2.38. The first-order valence-corrected chi connectivity index (χ1v) is 12.6. The van der Waals surface area contributed by atoms with Crippen LogP contribution in [0.25, 0.3) is 11.5 Å². The van der Waals surface area contributed by atoms with E-state index in [-0.39, 0.29) is 33.5 Å². The molecule has 1 saturated heterocycles. The van der Waals surface area contributed by atoms with E-state index in [0.717, 1.165) is 5.56 Å². The van der Waals surface area contributed by atoms with Gasteiger partial charge in [0.05, 0.1) is 4.90 Å². The first-order valence-electron chi connectivity index (χ1n) is 11.1. The maximum atomic E-state index is 13.8. The Morgan fingerprint density at radius 1 is 1.06 bits per heavy atom. The van der Waals surface area contributed by atoms with E-state index in [1.807, 2.05) is 36.1 Å². The van der Waals surface area contributed by atoms with Crippen LogP contribution in [0.15, 0.2) is 56.8 Å². The monoisotopic (exact) mass is 483 g/mol. The summed E-state index contributed by atoms with van der Waals surface area (Å²) in [5.41, 5.74) is 7.08. The van der Waals surface area contributed by atoms with Crippen LogP contribution in [-0.2, 0) is 14.6 Å². The Balaban J connectivity index is 1.59. The predicted octanol–water partition coefficient (Wildman–Crippen LogP) is 2.96. The summed E-state index contributed by atoms with van der Waals surface area (Å²) in [7, 11) is -4.06. The number of primary amides is 1. The molecule has 0 aliphatic carbocycles. The van der Waals surface area contributed by atoms with Crippen molar-refractivity contribution in [3.8, 4) is 23.0 Å². The first-order chi connectivity index (χ1) is 16.3. The molecule has 1 amide bonds. The molecule has 1 fully saturated rings. The summed E-state index contributed by atoms with van der Waals surface area (Å²) in [6, 6.07) is 12.0. The molecule has 2 aliphatic heterocycles. The normalized spacial score (nSPS) is 16.4. The summed E-state index contributed by atoms with van der Waals surface area (Å²) in [5.74, 6) is 0.672. The number of amides is 1. The average molecular weight is 484 g/mol. The maximum absolute atomic E-state index is 13.8. The molecule has 0 bridgehead atoms.